The molecule has 0 aliphatic heterocycles. The van der Waals surface area contributed by atoms with Gasteiger partial charge in [0.2, 0.25) is 0 Å². The molecule has 0 aromatic heterocycles. The Kier molecular flexibility index (Phi) is 9.01. The van der Waals surface area contributed by atoms with Gasteiger partial charge < -0.3 is 15.8 Å². The van der Waals surface area contributed by atoms with Crippen LogP contribution < -0.4 is 15.8 Å². The summed E-state index contributed by atoms with van der Waals surface area (Å²) in [5.74, 6) is 1.35. The van der Waals surface area contributed by atoms with E-state index < -0.39 is 0 Å². The maximum absolute atomic E-state index is 11.6. The normalized spacial score (nSPS) is 11.7. The Labute approximate surface area is 127 Å². The molecule has 0 saturated carbocycles. The van der Waals surface area contributed by atoms with Gasteiger partial charge in [-0.3, -0.25) is 4.79 Å². The first-order chi connectivity index (χ1) is 9.02. The minimum atomic E-state index is -0.116. The van der Waals surface area contributed by atoms with Crippen molar-refractivity contribution in [1.82, 2.24) is 5.32 Å². The minimum Gasteiger partial charge on any atom is -0.484 e. The minimum absolute atomic E-state index is 0. The molecule has 1 aromatic carbocycles. The lowest BCUT2D eigenvalue weighted by Crippen LogP contribution is -2.34. The fourth-order valence-corrected chi connectivity index (χ4v) is 1.53. The predicted octanol–water partition coefficient (Wildman–Crippen LogP) is 2.32. The molecule has 1 rings (SSSR count). The molecule has 1 atom stereocenters. The van der Waals surface area contributed by atoms with Crippen molar-refractivity contribution in [2.75, 3.05) is 19.7 Å². The molecule has 3 N–H and O–H groups in total. The molecule has 20 heavy (non-hydrogen) atoms. The van der Waals surface area contributed by atoms with Crippen LogP contribution in [-0.2, 0) is 4.79 Å². The first-order valence-corrected chi connectivity index (χ1v) is 6.72. The van der Waals surface area contributed by atoms with E-state index in [4.69, 9.17) is 10.5 Å². The molecule has 0 heterocycles. The summed E-state index contributed by atoms with van der Waals surface area (Å²) in [6.45, 7) is 7.44. The van der Waals surface area contributed by atoms with Crippen LogP contribution in [0.3, 0.4) is 0 Å². The van der Waals surface area contributed by atoms with E-state index in [0.717, 1.165) is 5.75 Å². The van der Waals surface area contributed by atoms with Crippen molar-refractivity contribution >= 4 is 18.3 Å². The van der Waals surface area contributed by atoms with E-state index in [0.29, 0.717) is 19.0 Å². The molecule has 0 radical (unpaired) electrons. The second-order valence-electron chi connectivity index (χ2n) is 5.16. The summed E-state index contributed by atoms with van der Waals surface area (Å²) in [6.07, 6.45) is 0. The fraction of sp³-hybridized carbons (Fsp3) is 0.533. The molecule has 4 nitrogen and oxygen atoms in total. The van der Waals surface area contributed by atoms with Gasteiger partial charge in [-0.05, 0) is 36.1 Å². The fourth-order valence-electron chi connectivity index (χ4n) is 1.53. The van der Waals surface area contributed by atoms with E-state index in [9.17, 15) is 4.79 Å². The van der Waals surface area contributed by atoms with Gasteiger partial charge in [0.05, 0.1) is 0 Å². The Morgan fingerprint density at radius 3 is 2.65 bits per heavy atom. The van der Waals surface area contributed by atoms with Gasteiger partial charge in [0.1, 0.15) is 5.75 Å². The van der Waals surface area contributed by atoms with Crippen LogP contribution in [0.4, 0.5) is 0 Å². The molecule has 114 valence electrons. The summed E-state index contributed by atoms with van der Waals surface area (Å²) in [7, 11) is 0. The van der Waals surface area contributed by atoms with Crippen LogP contribution >= 0.6 is 12.4 Å². The molecule has 0 fully saturated rings. The van der Waals surface area contributed by atoms with Gasteiger partial charge in [-0.1, -0.05) is 32.9 Å². The monoisotopic (exact) mass is 300 g/mol. The molecular weight excluding hydrogens is 276 g/mol. The van der Waals surface area contributed by atoms with E-state index in [-0.39, 0.29) is 30.8 Å². The number of nitrogens with one attached hydrogen (secondary N) is 1. The lowest BCUT2D eigenvalue weighted by Gasteiger charge is -2.12. The third kappa shape index (κ3) is 6.78. The van der Waals surface area contributed by atoms with Crippen molar-refractivity contribution in [1.29, 1.82) is 0 Å². The van der Waals surface area contributed by atoms with Crippen LogP contribution in [0.5, 0.6) is 5.75 Å². The highest BCUT2D eigenvalue weighted by atomic mass is 35.5. The molecular formula is C15H25ClN2O2. The zero-order chi connectivity index (χ0) is 14.3. The van der Waals surface area contributed by atoms with Gasteiger partial charge in [-0.2, -0.15) is 0 Å². The topological polar surface area (TPSA) is 64.3 Å². The van der Waals surface area contributed by atoms with Crippen LogP contribution in [0.15, 0.2) is 24.3 Å². The highest BCUT2D eigenvalue weighted by Crippen LogP contribution is 2.19. The third-order valence-corrected chi connectivity index (χ3v) is 2.94. The maximum Gasteiger partial charge on any atom is 0.257 e. The number of rotatable bonds is 7. The van der Waals surface area contributed by atoms with Crippen LogP contribution in [-0.4, -0.2) is 25.6 Å². The zero-order valence-corrected chi connectivity index (χ0v) is 13.2. The maximum atomic E-state index is 11.6. The molecule has 1 unspecified atom stereocenters. The third-order valence-electron chi connectivity index (χ3n) is 2.94. The summed E-state index contributed by atoms with van der Waals surface area (Å²) in [4.78, 5) is 11.6. The molecule has 0 saturated heterocycles. The van der Waals surface area contributed by atoms with Crippen molar-refractivity contribution in [3.63, 3.8) is 0 Å². The summed E-state index contributed by atoms with van der Waals surface area (Å²) >= 11 is 0. The quantitative estimate of drug-likeness (QED) is 0.812. The van der Waals surface area contributed by atoms with Crippen LogP contribution in [0, 0.1) is 5.92 Å². The highest BCUT2D eigenvalue weighted by Gasteiger charge is 2.06. The van der Waals surface area contributed by atoms with Gasteiger partial charge in [0.25, 0.3) is 5.91 Å². The van der Waals surface area contributed by atoms with E-state index in [1.165, 1.54) is 5.56 Å². The average molecular weight is 301 g/mol. The smallest absolute Gasteiger partial charge is 0.257 e. The van der Waals surface area contributed by atoms with Gasteiger partial charge in [0.15, 0.2) is 6.61 Å². The summed E-state index contributed by atoms with van der Waals surface area (Å²) in [5.41, 5.74) is 6.69. The van der Waals surface area contributed by atoms with Gasteiger partial charge in [-0.15, -0.1) is 12.4 Å². The number of ether oxygens (including phenoxy) is 1. The van der Waals surface area contributed by atoms with E-state index in [1.807, 2.05) is 25.1 Å². The zero-order valence-electron chi connectivity index (χ0n) is 12.4. The Balaban J connectivity index is 0.00000361. The molecule has 0 aliphatic rings. The summed E-state index contributed by atoms with van der Waals surface area (Å²) < 4.78 is 5.48. The number of halogens is 1. The number of hydrogen-bond acceptors (Lipinski definition) is 3. The Hall–Kier alpha value is -1.26. The Morgan fingerprint density at radius 1 is 1.35 bits per heavy atom. The Bertz CT molecular complexity index is 411. The molecule has 5 heteroatoms. The lowest BCUT2D eigenvalue weighted by molar-refractivity contribution is -0.123. The highest BCUT2D eigenvalue weighted by molar-refractivity contribution is 5.85. The first kappa shape index (κ1) is 18.7. The molecule has 1 aromatic rings. The SMILES string of the molecule is CC(CN)CNC(=O)COc1cccc(C(C)C)c1.Cl. The van der Waals surface area contributed by atoms with E-state index >= 15 is 0 Å². The van der Waals surface area contributed by atoms with Crippen LogP contribution in [0.25, 0.3) is 0 Å². The largest absolute Gasteiger partial charge is 0.484 e. The van der Waals surface area contributed by atoms with E-state index in [1.54, 1.807) is 0 Å². The standard InChI is InChI=1S/C15H24N2O2.ClH/c1-11(2)13-5-4-6-14(7-13)19-10-15(18)17-9-12(3)8-16;/h4-7,11-12H,8-10,16H2,1-3H3,(H,17,18);1H. The number of nitrogens with two attached hydrogens (primary N) is 1. The Morgan fingerprint density at radius 2 is 2.05 bits per heavy atom. The molecule has 0 spiro atoms. The van der Waals surface area contributed by atoms with E-state index in [2.05, 4.69) is 25.2 Å². The van der Waals surface area contributed by atoms with Gasteiger partial charge in [0, 0.05) is 6.54 Å². The molecule has 0 bridgehead atoms. The van der Waals surface area contributed by atoms with Crippen LogP contribution in [0.2, 0.25) is 0 Å². The average Bonchev–Trinajstić information content (AvgIpc) is 2.42. The number of benzene rings is 1. The number of hydrogen-bond donors (Lipinski definition) is 2. The number of amides is 1. The summed E-state index contributed by atoms with van der Waals surface area (Å²) in [6, 6.07) is 7.84. The summed E-state index contributed by atoms with van der Waals surface area (Å²) in [5, 5.41) is 2.80. The van der Waals surface area contributed by atoms with Crippen molar-refractivity contribution in [2.45, 2.75) is 26.7 Å². The van der Waals surface area contributed by atoms with Gasteiger partial charge in [-0.25, -0.2) is 0 Å². The first-order valence-electron chi connectivity index (χ1n) is 6.72. The van der Waals surface area contributed by atoms with Gasteiger partial charge >= 0.3 is 0 Å². The number of carbonyl (C=O) groups excluding carboxylic acids is 1. The van der Waals surface area contributed by atoms with Crippen molar-refractivity contribution in [3.8, 4) is 5.75 Å². The predicted molar refractivity (Wildman–Crippen MR) is 84.5 cm³/mol. The van der Waals surface area contributed by atoms with Crippen molar-refractivity contribution in [3.05, 3.63) is 29.8 Å². The second-order valence-corrected chi connectivity index (χ2v) is 5.16. The number of carbonyl (C=O) groups is 1. The second kappa shape index (κ2) is 9.61. The van der Waals surface area contributed by atoms with Crippen molar-refractivity contribution in [2.24, 2.45) is 11.7 Å². The van der Waals surface area contributed by atoms with Crippen molar-refractivity contribution < 1.29 is 9.53 Å². The van der Waals surface area contributed by atoms with Crippen LogP contribution in [0.1, 0.15) is 32.3 Å². The molecule has 1 amide bonds. The lowest BCUT2D eigenvalue weighted by atomic mass is 10.0. The molecule has 0 aliphatic carbocycles.